The third kappa shape index (κ3) is 5.61. The van der Waals surface area contributed by atoms with E-state index in [4.69, 9.17) is 27.9 Å². The van der Waals surface area contributed by atoms with Gasteiger partial charge >= 0.3 is 11.8 Å². The van der Waals surface area contributed by atoms with Crippen LogP contribution < -0.4 is 15.5 Å². The first-order valence-corrected chi connectivity index (χ1v) is 8.19. The van der Waals surface area contributed by atoms with Crippen LogP contribution in [0.2, 0.25) is 10.0 Å². The fourth-order valence-electron chi connectivity index (χ4n) is 1.85. The molecule has 0 fully saturated rings. The summed E-state index contributed by atoms with van der Waals surface area (Å²) in [4.78, 5) is 23.7. The normalized spacial score (nSPS) is 10.4. The molecule has 0 aliphatic heterocycles. The number of halogens is 2. The third-order valence-corrected chi connectivity index (χ3v) is 3.59. The summed E-state index contributed by atoms with van der Waals surface area (Å²) in [5.74, 6) is -1.34. The van der Waals surface area contributed by atoms with Crippen LogP contribution in [-0.2, 0) is 9.59 Å². The Balaban J connectivity index is 2.00. The Morgan fingerprint density at radius 3 is 2.65 bits per heavy atom. The number of ether oxygens (including phenoxy) is 1. The van der Waals surface area contributed by atoms with E-state index < -0.39 is 11.8 Å². The highest BCUT2D eigenvalue weighted by Gasteiger charge is 2.14. The summed E-state index contributed by atoms with van der Waals surface area (Å²) in [6, 6.07) is 11.5. The van der Waals surface area contributed by atoms with Crippen molar-refractivity contribution in [3.05, 3.63) is 70.7 Å². The molecule has 2 rings (SSSR count). The quantitative estimate of drug-likeness (QED) is 0.341. The van der Waals surface area contributed by atoms with Crippen molar-refractivity contribution in [3.8, 4) is 5.75 Å². The van der Waals surface area contributed by atoms with Crippen molar-refractivity contribution in [1.29, 1.82) is 0 Å². The van der Waals surface area contributed by atoms with Crippen molar-refractivity contribution in [2.75, 3.05) is 11.9 Å². The van der Waals surface area contributed by atoms with Gasteiger partial charge in [-0.05, 0) is 30.3 Å². The number of amides is 2. The van der Waals surface area contributed by atoms with Gasteiger partial charge in [-0.25, -0.2) is 5.43 Å². The Hall–Kier alpha value is -2.83. The highest BCUT2D eigenvalue weighted by atomic mass is 35.5. The number of rotatable bonds is 6. The molecule has 0 unspecified atom stereocenters. The molecule has 0 saturated heterocycles. The molecule has 0 saturated carbocycles. The van der Waals surface area contributed by atoms with E-state index >= 15 is 0 Å². The zero-order chi connectivity index (χ0) is 18.9. The maximum Gasteiger partial charge on any atom is 0.329 e. The highest BCUT2D eigenvalue weighted by Crippen LogP contribution is 2.22. The first-order chi connectivity index (χ1) is 12.5. The molecule has 0 radical (unpaired) electrons. The Bertz CT molecular complexity index is 853. The minimum absolute atomic E-state index is 0.301. The molecule has 0 heterocycles. The van der Waals surface area contributed by atoms with E-state index in [0.29, 0.717) is 33.7 Å². The molecule has 26 heavy (non-hydrogen) atoms. The van der Waals surface area contributed by atoms with Gasteiger partial charge in [0.2, 0.25) is 0 Å². The molecule has 134 valence electrons. The standard InChI is InChI=1S/C18H15Cl2N3O3/c1-2-9-26-16-8-7-13(19)10-12(16)11-21-23-18(25)17(24)22-15-6-4-3-5-14(15)20/h2-8,10-11H,1,9H2,(H,22,24)(H,23,25)/b21-11-. The van der Waals surface area contributed by atoms with E-state index in [-0.39, 0.29) is 0 Å². The topological polar surface area (TPSA) is 79.8 Å². The van der Waals surface area contributed by atoms with E-state index in [9.17, 15) is 9.59 Å². The lowest BCUT2D eigenvalue weighted by Crippen LogP contribution is -2.32. The van der Waals surface area contributed by atoms with E-state index in [0.717, 1.165) is 0 Å². The van der Waals surface area contributed by atoms with Gasteiger partial charge in [0.1, 0.15) is 12.4 Å². The number of nitrogens with zero attached hydrogens (tertiary/aromatic N) is 1. The number of para-hydroxylation sites is 1. The minimum atomic E-state index is -0.947. The first kappa shape index (κ1) is 19.5. The Morgan fingerprint density at radius 2 is 1.92 bits per heavy atom. The molecular weight excluding hydrogens is 377 g/mol. The van der Waals surface area contributed by atoms with Gasteiger partial charge in [-0.3, -0.25) is 9.59 Å². The molecule has 6 nitrogen and oxygen atoms in total. The van der Waals surface area contributed by atoms with Gasteiger partial charge in [-0.1, -0.05) is 48.0 Å². The molecule has 2 aromatic rings. The summed E-state index contributed by atoms with van der Waals surface area (Å²) in [6.07, 6.45) is 2.92. The van der Waals surface area contributed by atoms with Gasteiger partial charge in [0.05, 0.1) is 16.9 Å². The summed E-state index contributed by atoms with van der Waals surface area (Å²) in [6.45, 7) is 3.87. The second-order valence-corrected chi connectivity index (χ2v) is 5.76. The van der Waals surface area contributed by atoms with Crippen LogP contribution in [0.5, 0.6) is 5.75 Å². The number of benzene rings is 2. The minimum Gasteiger partial charge on any atom is -0.489 e. The van der Waals surface area contributed by atoms with Gasteiger partial charge in [0.25, 0.3) is 0 Å². The van der Waals surface area contributed by atoms with E-state index in [1.54, 1.807) is 48.5 Å². The van der Waals surface area contributed by atoms with Crippen molar-refractivity contribution in [2.24, 2.45) is 5.10 Å². The Labute approximate surface area is 160 Å². The van der Waals surface area contributed by atoms with Crippen LogP contribution in [0.1, 0.15) is 5.56 Å². The van der Waals surface area contributed by atoms with Crippen LogP contribution in [0.3, 0.4) is 0 Å². The molecule has 0 spiro atoms. The van der Waals surface area contributed by atoms with Crippen LogP contribution in [0.25, 0.3) is 0 Å². The lowest BCUT2D eigenvalue weighted by Gasteiger charge is -2.07. The SMILES string of the molecule is C=CCOc1ccc(Cl)cc1/C=N\NC(=O)C(=O)Nc1ccccc1Cl. The summed E-state index contributed by atoms with van der Waals surface area (Å²) in [7, 11) is 0. The predicted molar refractivity (Wildman–Crippen MR) is 103 cm³/mol. The van der Waals surface area contributed by atoms with Crippen molar-refractivity contribution < 1.29 is 14.3 Å². The fraction of sp³-hybridized carbons (Fsp3) is 0.0556. The molecular formula is C18H15Cl2N3O3. The average molecular weight is 392 g/mol. The molecule has 8 heteroatoms. The van der Waals surface area contributed by atoms with Crippen LogP contribution in [-0.4, -0.2) is 24.6 Å². The predicted octanol–water partition coefficient (Wildman–Crippen LogP) is 3.65. The second kappa shape index (κ2) is 9.60. The van der Waals surface area contributed by atoms with E-state index in [1.165, 1.54) is 6.21 Å². The third-order valence-electron chi connectivity index (χ3n) is 3.03. The lowest BCUT2D eigenvalue weighted by molar-refractivity contribution is -0.136. The largest absolute Gasteiger partial charge is 0.489 e. The van der Waals surface area contributed by atoms with Crippen LogP contribution in [0, 0.1) is 0 Å². The summed E-state index contributed by atoms with van der Waals surface area (Å²) in [5, 5.41) is 6.94. The van der Waals surface area contributed by atoms with Gasteiger partial charge < -0.3 is 10.1 Å². The van der Waals surface area contributed by atoms with Crippen molar-refractivity contribution in [2.45, 2.75) is 0 Å². The van der Waals surface area contributed by atoms with Crippen LogP contribution in [0.15, 0.2) is 60.2 Å². The molecule has 0 aliphatic carbocycles. The summed E-state index contributed by atoms with van der Waals surface area (Å²) < 4.78 is 5.46. The molecule has 0 aliphatic rings. The lowest BCUT2D eigenvalue weighted by atomic mass is 10.2. The maximum absolute atomic E-state index is 11.9. The molecule has 0 bridgehead atoms. The fourth-order valence-corrected chi connectivity index (χ4v) is 2.22. The number of nitrogens with one attached hydrogen (secondary N) is 2. The van der Waals surface area contributed by atoms with Gasteiger partial charge in [0, 0.05) is 10.6 Å². The van der Waals surface area contributed by atoms with E-state index in [2.05, 4.69) is 22.4 Å². The second-order valence-electron chi connectivity index (χ2n) is 4.91. The Kier molecular flexibility index (Phi) is 7.20. The van der Waals surface area contributed by atoms with Crippen molar-refractivity contribution in [1.82, 2.24) is 5.43 Å². The highest BCUT2D eigenvalue weighted by molar-refractivity contribution is 6.41. The number of hydrogen-bond acceptors (Lipinski definition) is 4. The zero-order valence-electron chi connectivity index (χ0n) is 13.5. The number of carbonyl (C=O) groups is 2. The maximum atomic E-state index is 11.9. The van der Waals surface area contributed by atoms with Crippen LogP contribution in [0.4, 0.5) is 5.69 Å². The molecule has 2 N–H and O–H groups in total. The van der Waals surface area contributed by atoms with Gasteiger partial charge in [-0.2, -0.15) is 5.10 Å². The van der Waals surface area contributed by atoms with Crippen molar-refractivity contribution in [3.63, 3.8) is 0 Å². The molecule has 0 aromatic heterocycles. The Morgan fingerprint density at radius 1 is 1.15 bits per heavy atom. The first-order valence-electron chi connectivity index (χ1n) is 7.43. The molecule has 0 atom stereocenters. The monoisotopic (exact) mass is 391 g/mol. The number of hydrogen-bond donors (Lipinski definition) is 2. The summed E-state index contributed by atoms with van der Waals surface area (Å²) >= 11 is 11.9. The van der Waals surface area contributed by atoms with E-state index in [1.807, 2.05) is 0 Å². The van der Waals surface area contributed by atoms with Gasteiger partial charge in [-0.15, -0.1) is 0 Å². The molecule has 2 aromatic carbocycles. The molecule has 2 amide bonds. The number of hydrazone groups is 1. The van der Waals surface area contributed by atoms with Crippen molar-refractivity contribution >= 4 is 46.9 Å². The number of carbonyl (C=O) groups excluding carboxylic acids is 2. The van der Waals surface area contributed by atoms with Crippen LogP contribution >= 0.6 is 23.2 Å². The smallest absolute Gasteiger partial charge is 0.329 e. The number of anilines is 1. The zero-order valence-corrected chi connectivity index (χ0v) is 15.1. The van der Waals surface area contributed by atoms with Gasteiger partial charge in [0.15, 0.2) is 0 Å². The summed E-state index contributed by atoms with van der Waals surface area (Å²) in [5.41, 5.74) is 2.99. The average Bonchev–Trinajstić information content (AvgIpc) is 2.62.